The number of nitro benzene ring substituents is 1. The molecule has 0 aliphatic carbocycles. The van der Waals surface area contributed by atoms with Gasteiger partial charge in [0.1, 0.15) is 5.56 Å². The van der Waals surface area contributed by atoms with Gasteiger partial charge in [-0.15, -0.1) is 0 Å². The van der Waals surface area contributed by atoms with Gasteiger partial charge in [-0.3, -0.25) is 14.9 Å². The number of amides is 1. The molecular weight excluding hydrogens is 304 g/mol. The van der Waals surface area contributed by atoms with Crippen molar-refractivity contribution in [1.29, 1.82) is 0 Å². The second-order valence-electron chi connectivity index (χ2n) is 4.35. The number of nitro groups is 1. The molecule has 1 aliphatic rings. The summed E-state index contributed by atoms with van der Waals surface area (Å²) in [6, 6.07) is 2.46. The number of hydrogen-bond acceptors (Lipinski definition) is 5. The summed E-state index contributed by atoms with van der Waals surface area (Å²) < 4.78 is 5.03. The Morgan fingerprint density at radius 3 is 2.81 bits per heavy atom. The van der Waals surface area contributed by atoms with Gasteiger partial charge in [-0.1, -0.05) is 11.6 Å². The lowest BCUT2D eigenvalue weighted by molar-refractivity contribution is -0.385. The van der Waals surface area contributed by atoms with E-state index in [1.165, 1.54) is 12.1 Å². The third-order valence-corrected chi connectivity index (χ3v) is 3.30. The molecule has 1 N–H and O–H groups in total. The lowest BCUT2D eigenvalue weighted by Crippen LogP contribution is -2.52. The van der Waals surface area contributed by atoms with Crippen LogP contribution in [-0.4, -0.2) is 52.6 Å². The maximum atomic E-state index is 12.4. The minimum Gasteiger partial charge on any atom is -0.480 e. The van der Waals surface area contributed by atoms with Crippen molar-refractivity contribution >= 4 is 29.2 Å². The molecule has 1 amide bonds. The molecule has 2 rings (SSSR count). The number of carbonyl (C=O) groups excluding carboxylic acids is 1. The number of carboxylic acids is 1. The third-order valence-electron chi connectivity index (χ3n) is 3.06. The first kappa shape index (κ1) is 15.2. The van der Waals surface area contributed by atoms with E-state index in [9.17, 15) is 19.7 Å². The highest BCUT2D eigenvalue weighted by molar-refractivity contribution is 6.31. The van der Waals surface area contributed by atoms with Crippen LogP contribution in [-0.2, 0) is 9.53 Å². The Hall–Kier alpha value is -2.19. The Morgan fingerprint density at radius 2 is 2.19 bits per heavy atom. The van der Waals surface area contributed by atoms with Crippen LogP contribution in [0.3, 0.4) is 0 Å². The molecule has 0 radical (unpaired) electrons. The van der Waals surface area contributed by atoms with Gasteiger partial charge >= 0.3 is 5.97 Å². The molecule has 0 bridgehead atoms. The number of nitrogens with zero attached hydrogens (tertiary/aromatic N) is 2. The molecule has 9 heteroatoms. The average molecular weight is 315 g/mol. The Bertz CT molecular complexity index is 605. The molecule has 112 valence electrons. The highest BCUT2D eigenvalue weighted by atomic mass is 35.5. The van der Waals surface area contributed by atoms with Gasteiger partial charge in [0, 0.05) is 17.6 Å². The zero-order chi connectivity index (χ0) is 15.6. The van der Waals surface area contributed by atoms with Crippen molar-refractivity contribution in [3.63, 3.8) is 0 Å². The molecule has 1 atom stereocenters. The summed E-state index contributed by atoms with van der Waals surface area (Å²) in [5.41, 5.74) is -0.652. The summed E-state index contributed by atoms with van der Waals surface area (Å²) in [6.07, 6.45) is 0. The smallest absolute Gasteiger partial charge is 0.328 e. The lowest BCUT2D eigenvalue weighted by Gasteiger charge is -2.32. The van der Waals surface area contributed by atoms with Crippen LogP contribution < -0.4 is 0 Å². The van der Waals surface area contributed by atoms with E-state index in [-0.39, 0.29) is 30.3 Å². The molecular formula is C12H11ClN2O6. The highest BCUT2D eigenvalue weighted by Gasteiger charge is 2.35. The zero-order valence-corrected chi connectivity index (χ0v) is 11.4. The van der Waals surface area contributed by atoms with Crippen LogP contribution in [0.15, 0.2) is 18.2 Å². The Kier molecular flexibility index (Phi) is 4.39. The fourth-order valence-electron chi connectivity index (χ4n) is 2.04. The Labute approximate surface area is 124 Å². The molecule has 1 heterocycles. The first-order valence-corrected chi connectivity index (χ1v) is 6.35. The predicted molar refractivity (Wildman–Crippen MR) is 71.4 cm³/mol. The average Bonchev–Trinajstić information content (AvgIpc) is 2.46. The molecule has 1 saturated heterocycles. The molecule has 0 saturated carbocycles. The summed E-state index contributed by atoms with van der Waals surface area (Å²) in [6.45, 7) is 0.0783. The summed E-state index contributed by atoms with van der Waals surface area (Å²) in [7, 11) is 0. The van der Waals surface area contributed by atoms with E-state index in [1.54, 1.807) is 0 Å². The molecule has 0 aromatic heterocycles. The monoisotopic (exact) mass is 314 g/mol. The third kappa shape index (κ3) is 3.11. The van der Waals surface area contributed by atoms with Crippen molar-refractivity contribution in [1.82, 2.24) is 4.90 Å². The van der Waals surface area contributed by atoms with Gasteiger partial charge in [0.15, 0.2) is 6.04 Å². The van der Waals surface area contributed by atoms with Crippen molar-refractivity contribution in [3.8, 4) is 0 Å². The molecule has 1 aromatic rings. The number of aliphatic carboxylic acids is 1. The Morgan fingerprint density at radius 1 is 1.48 bits per heavy atom. The number of ether oxygens (including phenoxy) is 1. The summed E-state index contributed by atoms with van der Waals surface area (Å²) in [4.78, 5) is 34.9. The highest BCUT2D eigenvalue weighted by Crippen LogP contribution is 2.25. The summed E-state index contributed by atoms with van der Waals surface area (Å²) in [5, 5.41) is 20.2. The van der Waals surface area contributed by atoms with Crippen LogP contribution in [0, 0.1) is 10.1 Å². The molecule has 1 aromatic carbocycles. The van der Waals surface area contributed by atoms with E-state index in [0.717, 1.165) is 11.0 Å². The number of carbonyl (C=O) groups is 2. The predicted octanol–water partition coefficient (Wildman–Crippen LogP) is 1.17. The summed E-state index contributed by atoms with van der Waals surface area (Å²) in [5.74, 6) is -1.95. The fraction of sp³-hybridized carbons (Fsp3) is 0.333. The summed E-state index contributed by atoms with van der Waals surface area (Å²) >= 11 is 5.69. The Balaban J connectivity index is 2.39. The number of carboxylic acid groups (broad SMARTS) is 1. The van der Waals surface area contributed by atoms with Gasteiger partial charge in [-0.25, -0.2) is 4.79 Å². The van der Waals surface area contributed by atoms with Crippen molar-refractivity contribution in [2.24, 2.45) is 0 Å². The molecule has 1 unspecified atom stereocenters. The minimum absolute atomic E-state index is 0.0512. The SMILES string of the molecule is O=C(O)C1COCCN1C(=O)c1ccc(Cl)cc1[N+](=O)[O-]. The maximum absolute atomic E-state index is 12.4. The lowest BCUT2D eigenvalue weighted by atomic mass is 10.1. The second-order valence-corrected chi connectivity index (χ2v) is 4.78. The normalized spacial score (nSPS) is 18.3. The van der Waals surface area contributed by atoms with E-state index in [2.05, 4.69) is 0 Å². The number of benzene rings is 1. The molecule has 1 aliphatic heterocycles. The minimum atomic E-state index is -1.22. The van der Waals surface area contributed by atoms with Crippen molar-refractivity contribution in [2.75, 3.05) is 19.8 Å². The standard InChI is InChI=1S/C12H11ClN2O6/c13-7-1-2-8(9(5-7)15(19)20)11(16)14-3-4-21-6-10(14)12(17)18/h1-2,5,10H,3-4,6H2,(H,17,18). The van der Waals surface area contributed by atoms with E-state index >= 15 is 0 Å². The van der Waals surface area contributed by atoms with E-state index < -0.39 is 28.5 Å². The van der Waals surface area contributed by atoms with E-state index in [0.29, 0.717) is 0 Å². The van der Waals surface area contributed by atoms with Gasteiger partial charge in [0.25, 0.3) is 11.6 Å². The van der Waals surface area contributed by atoms with Crippen molar-refractivity contribution < 1.29 is 24.4 Å². The topological polar surface area (TPSA) is 110 Å². The van der Waals surface area contributed by atoms with Gasteiger partial charge < -0.3 is 14.7 Å². The van der Waals surface area contributed by atoms with Crippen LogP contribution in [0.4, 0.5) is 5.69 Å². The van der Waals surface area contributed by atoms with E-state index in [1.807, 2.05) is 0 Å². The van der Waals surface area contributed by atoms with Crippen LogP contribution in [0.1, 0.15) is 10.4 Å². The first-order valence-electron chi connectivity index (χ1n) is 5.97. The number of hydrogen-bond donors (Lipinski definition) is 1. The largest absolute Gasteiger partial charge is 0.480 e. The van der Waals surface area contributed by atoms with Crippen LogP contribution in [0.25, 0.3) is 0 Å². The van der Waals surface area contributed by atoms with Crippen LogP contribution in [0.2, 0.25) is 5.02 Å². The zero-order valence-electron chi connectivity index (χ0n) is 10.7. The van der Waals surface area contributed by atoms with Gasteiger partial charge in [-0.2, -0.15) is 0 Å². The first-order chi connectivity index (χ1) is 9.91. The molecule has 0 spiro atoms. The van der Waals surface area contributed by atoms with Crippen LogP contribution in [0.5, 0.6) is 0 Å². The second kappa shape index (κ2) is 6.06. The van der Waals surface area contributed by atoms with Crippen molar-refractivity contribution in [2.45, 2.75) is 6.04 Å². The van der Waals surface area contributed by atoms with Gasteiger partial charge in [0.05, 0.1) is 18.1 Å². The van der Waals surface area contributed by atoms with Gasteiger partial charge in [0.2, 0.25) is 0 Å². The number of morpholine rings is 1. The molecule has 1 fully saturated rings. The molecule has 8 nitrogen and oxygen atoms in total. The van der Waals surface area contributed by atoms with Crippen molar-refractivity contribution in [3.05, 3.63) is 38.9 Å². The van der Waals surface area contributed by atoms with E-state index in [4.69, 9.17) is 21.4 Å². The number of halogens is 1. The molecule has 21 heavy (non-hydrogen) atoms. The quantitative estimate of drug-likeness (QED) is 0.662. The number of rotatable bonds is 3. The van der Waals surface area contributed by atoms with Gasteiger partial charge in [-0.05, 0) is 12.1 Å². The maximum Gasteiger partial charge on any atom is 0.328 e. The van der Waals surface area contributed by atoms with Crippen LogP contribution >= 0.6 is 11.6 Å². The fourth-order valence-corrected chi connectivity index (χ4v) is 2.21.